The molecular formula is C8H11NO3. The second kappa shape index (κ2) is 4.65. The highest BCUT2D eigenvalue weighted by atomic mass is 16.5. The van der Waals surface area contributed by atoms with E-state index < -0.39 is 4.65 Å². The summed E-state index contributed by atoms with van der Waals surface area (Å²) in [5.41, 5.74) is -0.199. The molecule has 0 saturated heterocycles. The molecule has 0 aromatic rings. The predicted molar refractivity (Wildman–Crippen MR) is 44.2 cm³/mol. The zero-order valence-corrected chi connectivity index (χ0v) is 7.16. The Morgan fingerprint density at radius 3 is 2.17 bits per heavy atom. The van der Waals surface area contributed by atoms with Gasteiger partial charge in [0, 0.05) is 0 Å². The monoisotopic (exact) mass is 169 g/mol. The molecule has 0 unspecified atom stereocenters. The van der Waals surface area contributed by atoms with Gasteiger partial charge in [0.2, 0.25) is 5.70 Å². The third-order valence-corrected chi connectivity index (χ3v) is 1.76. The number of likely N-dealkylation sites (N-methyl/N-ethyl adjacent to an activating group) is 1. The lowest BCUT2D eigenvalue weighted by Gasteiger charge is -2.38. The van der Waals surface area contributed by atoms with Crippen LogP contribution in [0.25, 0.3) is 0 Å². The largest absolute Gasteiger partial charge is 0.627 e. The summed E-state index contributed by atoms with van der Waals surface area (Å²) in [5, 5.41) is 11.6. The fraction of sp³-hybridized carbons (Fsp3) is 0.500. The van der Waals surface area contributed by atoms with Gasteiger partial charge in [-0.1, -0.05) is 0 Å². The lowest BCUT2D eigenvalue weighted by molar-refractivity contribution is -0.834. The van der Waals surface area contributed by atoms with Crippen molar-refractivity contribution in [3.8, 4) is 0 Å². The van der Waals surface area contributed by atoms with Crippen LogP contribution >= 0.6 is 0 Å². The van der Waals surface area contributed by atoms with Crippen LogP contribution in [0.3, 0.4) is 0 Å². The van der Waals surface area contributed by atoms with E-state index in [1.54, 1.807) is 13.8 Å². The summed E-state index contributed by atoms with van der Waals surface area (Å²) in [7, 11) is 0. The molecule has 0 heterocycles. The molecule has 0 spiro atoms. The van der Waals surface area contributed by atoms with Gasteiger partial charge in [0.15, 0.2) is 5.94 Å². The molecule has 0 aromatic heterocycles. The predicted octanol–water partition coefficient (Wildman–Crippen LogP) is 0.444. The maximum absolute atomic E-state index is 11.6. The van der Waals surface area contributed by atoms with Crippen LogP contribution in [0.15, 0.2) is 11.8 Å². The zero-order valence-electron chi connectivity index (χ0n) is 7.16. The molecule has 0 radical (unpaired) electrons. The Bertz CT molecular complexity index is 243. The molecule has 0 aromatic carbocycles. The zero-order chi connectivity index (χ0) is 9.61. The number of hydroxylamine groups is 3. The van der Waals surface area contributed by atoms with Gasteiger partial charge >= 0.3 is 0 Å². The Hall–Kier alpha value is -1.18. The van der Waals surface area contributed by atoms with Crippen molar-refractivity contribution in [2.75, 3.05) is 13.1 Å². The molecule has 0 N–H and O–H groups in total. The number of nitrogens with zero attached hydrogens (tertiary/aromatic N) is 1. The van der Waals surface area contributed by atoms with Crippen molar-refractivity contribution >= 4 is 11.9 Å². The molecular weight excluding hydrogens is 158 g/mol. The first-order valence-corrected chi connectivity index (χ1v) is 3.69. The fourth-order valence-electron chi connectivity index (χ4n) is 0.850. The molecule has 12 heavy (non-hydrogen) atoms. The summed E-state index contributed by atoms with van der Waals surface area (Å²) < 4.78 is -0.821. The summed E-state index contributed by atoms with van der Waals surface area (Å²) in [4.78, 5) is 20.2. The van der Waals surface area contributed by atoms with Crippen LogP contribution in [0.1, 0.15) is 13.8 Å². The van der Waals surface area contributed by atoms with Crippen molar-refractivity contribution in [3.05, 3.63) is 17.0 Å². The van der Waals surface area contributed by atoms with Crippen LogP contribution in [-0.4, -0.2) is 29.6 Å². The van der Waals surface area contributed by atoms with Crippen LogP contribution in [0.4, 0.5) is 0 Å². The van der Waals surface area contributed by atoms with Gasteiger partial charge in [-0.25, -0.2) is 9.59 Å². The average molecular weight is 169 g/mol. The van der Waals surface area contributed by atoms with E-state index in [0.29, 0.717) is 0 Å². The summed E-state index contributed by atoms with van der Waals surface area (Å²) >= 11 is 0. The number of hydrogen-bond acceptors (Lipinski definition) is 3. The highest BCUT2D eigenvalue weighted by Gasteiger charge is 2.18. The summed E-state index contributed by atoms with van der Waals surface area (Å²) in [6, 6.07) is 0. The molecule has 0 fully saturated rings. The second-order valence-corrected chi connectivity index (χ2v) is 2.27. The van der Waals surface area contributed by atoms with Crippen LogP contribution in [-0.2, 0) is 9.59 Å². The minimum absolute atomic E-state index is 0.199. The molecule has 4 heteroatoms. The third kappa shape index (κ3) is 2.16. The number of hydrogen-bond donors (Lipinski definition) is 0. The molecule has 0 rings (SSSR count). The van der Waals surface area contributed by atoms with E-state index in [2.05, 4.69) is 0 Å². The SMILES string of the molecule is CC[N+]([O-])(CC)C(=C=O)C=C=O. The van der Waals surface area contributed by atoms with E-state index in [0.717, 1.165) is 6.08 Å². The van der Waals surface area contributed by atoms with E-state index in [1.807, 2.05) is 0 Å². The maximum Gasteiger partial charge on any atom is 0.228 e. The Morgan fingerprint density at radius 1 is 1.42 bits per heavy atom. The lowest BCUT2D eigenvalue weighted by atomic mass is 10.3. The molecule has 0 aliphatic heterocycles. The van der Waals surface area contributed by atoms with E-state index in [-0.39, 0.29) is 18.8 Å². The molecule has 0 amide bonds. The standard InChI is InChI=1S/C8H11NO3/c1-3-9(12,4-2)8(7-11)5-6-10/h5H,3-4H2,1-2H3. The van der Waals surface area contributed by atoms with Gasteiger partial charge < -0.3 is 9.85 Å². The quantitative estimate of drug-likeness (QED) is 0.265. The van der Waals surface area contributed by atoms with Crippen LogP contribution in [0.2, 0.25) is 0 Å². The van der Waals surface area contributed by atoms with E-state index in [4.69, 9.17) is 0 Å². The Labute approximate surface area is 71.0 Å². The summed E-state index contributed by atoms with van der Waals surface area (Å²) in [6.07, 6.45) is 0.840. The normalized spacial score (nSPS) is 9.92. The summed E-state index contributed by atoms with van der Waals surface area (Å²) in [6.45, 7) is 3.71. The topological polar surface area (TPSA) is 57.2 Å². The van der Waals surface area contributed by atoms with Crippen LogP contribution in [0, 0.1) is 5.21 Å². The van der Waals surface area contributed by atoms with E-state index in [1.165, 1.54) is 11.9 Å². The lowest BCUT2D eigenvalue weighted by Crippen LogP contribution is -2.40. The van der Waals surface area contributed by atoms with Crippen LogP contribution < -0.4 is 0 Å². The van der Waals surface area contributed by atoms with Crippen molar-refractivity contribution in [2.24, 2.45) is 0 Å². The molecule has 4 nitrogen and oxygen atoms in total. The second-order valence-electron chi connectivity index (χ2n) is 2.27. The third-order valence-electron chi connectivity index (χ3n) is 1.76. The Morgan fingerprint density at radius 2 is 1.92 bits per heavy atom. The highest BCUT2D eigenvalue weighted by Crippen LogP contribution is 2.12. The molecule has 66 valence electrons. The molecule has 0 atom stereocenters. The van der Waals surface area contributed by atoms with Gasteiger partial charge in [-0.05, 0) is 13.8 Å². The Kier molecular flexibility index (Phi) is 4.19. The molecule has 0 saturated carbocycles. The first-order valence-electron chi connectivity index (χ1n) is 3.69. The first kappa shape index (κ1) is 10.8. The molecule has 0 aliphatic rings. The summed E-state index contributed by atoms with van der Waals surface area (Å²) in [5.74, 6) is 2.86. The van der Waals surface area contributed by atoms with Gasteiger partial charge in [0.25, 0.3) is 0 Å². The molecule has 0 aliphatic carbocycles. The number of rotatable bonds is 4. The fourth-order valence-corrected chi connectivity index (χ4v) is 0.850. The maximum atomic E-state index is 11.6. The van der Waals surface area contributed by atoms with Crippen molar-refractivity contribution in [3.63, 3.8) is 0 Å². The van der Waals surface area contributed by atoms with Crippen molar-refractivity contribution < 1.29 is 14.2 Å². The van der Waals surface area contributed by atoms with Crippen molar-refractivity contribution in [1.82, 2.24) is 0 Å². The van der Waals surface area contributed by atoms with Crippen LogP contribution in [0.5, 0.6) is 0 Å². The Balaban J connectivity index is 4.94. The van der Waals surface area contributed by atoms with Crippen molar-refractivity contribution in [2.45, 2.75) is 13.8 Å². The first-order chi connectivity index (χ1) is 5.64. The van der Waals surface area contributed by atoms with Gasteiger partial charge in [0.1, 0.15) is 5.94 Å². The minimum Gasteiger partial charge on any atom is -0.627 e. The number of carbonyl (C=O) groups excluding carboxylic acids is 2. The van der Waals surface area contributed by atoms with E-state index >= 15 is 0 Å². The smallest absolute Gasteiger partial charge is 0.228 e. The number of quaternary nitrogens is 1. The number of allylic oxidation sites excluding steroid dienone is 1. The van der Waals surface area contributed by atoms with Gasteiger partial charge in [0.05, 0.1) is 19.2 Å². The van der Waals surface area contributed by atoms with Gasteiger partial charge in [-0.3, -0.25) is 0 Å². The average Bonchev–Trinajstić information content (AvgIpc) is 2.13. The minimum atomic E-state index is -0.821. The van der Waals surface area contributed by atoms with Gasteiger partial charge in [-0.2, -0.15) is 0 Å². The van der Waals surface area contributed by atoms with Gasteiger partial charge in [-0.15, -0.1) is 0 Å². The highest BCUT2D eigenvalue weighted by molar-refractivity contribution is 5.62. The van der Waals surface area contributed by atoms with E-state index in [9.17, 15) is 14.8 Å². The molecule has 0 bridgehead atoms. The van der Waals surface area contributed by atoms with Crippen molar-refractivity contribution in [1.29, 1.82) is 0 Å².